The van der Waals surface area contributed by atoms with Gasteiger partial charge in [0.1, 0.15) is 5.75 Å². The van der Waals surface area contributed by atoms with Gasteiger partial charge in [-0.1, -0.05) is 36.8 Å². The van der Waals surface area contributed by atoms with Crippen molar-refractivity contribution in [1.82, 2.24) is 4.90 Å². The number of hydrogen-bond acceptors (Lipinski definition) is 5. The topological polar surface area (TPSA) is 79.2 Å². The summed E-state index contributed by atoms with van der Waals surface area (Å²) in [7, 11) is 0. The maximum Gasteiger partial charge on any atom is 0.341 e. The van der Waals surface area contributed by atoms with Crippen molar-refractivity contribution in [1.29, 1.82) is 0 Å². The predicted molar refractivity (Wildman–Crippen MR) is 120 cm³/mol. The molecule has 156 valence electrons. The van der Waals surface area contributed by atoms with Gasteiger partial charge >= 0.3 is 5.97 Å². The van der Waals surface area contributed by atoms with Crippen LogP contribution in [0.3, 0.4) is 0 Å². The zero-order valence-corrected chi connectivity index (χ0v) is 18.0. The van der Waals surface area contributed by atoms with E-state index in [1.807, 2.05) is 51.1 Å². The lowest BCUT2D eigenvalue weighted by Gasteiger charge is -2.22. The summed E-state index contributed by atoms with van der Waals surface area (Å²) in [6, 6.07) is 14.9. The highest BCUT2D eigenvalue weighted by molar-refractivity contribution is 8.18. The third kappa shape index (κ3) is 5.30. The van der Waals surface area contributed by atoms with E-state index in [2.05, 4.69) is 0 Å². The molecule has 30 heavy (non-hydrogen) atoms. The molecule has 1 fully saturated rings. The molecule has 2 aromatic rings. The number of amidine groups is 1. The molecule has 7 heteroatoms. The lowest BCUT2D eigenvalue weighted by molar-refractivity contribution is -0.139. The number of rotatable bonds is 7. The molecule has 1 N–H and O–H groups in total. The van der Waals surface area contributed by atoms with Crippen LogP contribution in [0, 0.1) is 6.92 Å². The number of carbonyl (C=O) groups excluding carboxylic acids is 1. The van der Waals surface area contributed by atoms with Gasteiger partial charge in [-0.05, 0) is 67.9 Å². The van der Waals surface area contributed by atoms with Crippen LogP contribution in [0.5, 0.6) is 5.75 Å². The van der Waals surface area contributed by atoms with Crippen LogP contribution < -0.4 is 4.74 Å². The first-order valence-corrected chi connectivity index (χ1v) is 10.5. The smallest absolute Gasteiger partial charge is 0.341 e. The molecule has 0 spiro atoms. The SMILES string of the molecule is CC[C@@H](C)N1C(=O)/C(=C\c2cccc(OCC(=O)O)c2)SC1=Nc1ccc(C)cc1. The molecule has 1 amide bonds. The highest BCUT2D eigenvalue weighted by Gasteiger charge is 2.36. The van der Waals surface area contributed by atoms with E-state index >= 15 is 0 Å². The highest BCUT2D eigenvalue weighted by Crippen LogP contribution is 2.36. The van der Waals surface area contributed by atoms with Gasteiger partial charge in [-0.15, -0.1) is 0 Å². The Morgan fingerprint density at radius 1 is 1.27 bits per heavy atom. The summed E-state index contributed by atoms with van der Waals surface area (Å²) in [4.78, 5) is 30.8. The normalized spacial score (nSPS) is 17.6. The number of carboxylic acids is 1. The first-order valence-electron chi connectivity index (χ1n) is 9.70. The van der Waals surface area contributed by atoms with Crippen molar-refractivity contribution in [2.75, 3.05) is 6.61 Å². The fraction of sp³-hybridized carbons (Fsp3) is 0.261. The summed E-state index contributed by atoms with van der Waals surface area (Å²) in [5.74, 6) is -0.687. The van der Waals surface area contributed by atoms with Gasteiger partial charge < -0.3 is 9.84 Å². The van der Waals surface area contributed by atoms with Crippen LogP contribution in [0.15, 0.2) is 58.4 Å². The average Bonchev–Trinajstić information content (AvgIpc) is 3.02. The fourth-order valence-corrected chi connectivity index (χ4v) is 3.95. The number of carboxylic acid groups (broad SMARTS) is 1. The number of ether oxygens (including phenoxy) is 1. The molecule has 0 bridgehead atoms. The van der Waals surface area contributed by atoms with Crippen LogP contribution in [-0.2, 0) is 9.59 Å². The summed E-state index contributed by atoms with van der Waals surface area (Å²) in [5, 5.41) is 9.43. The van der Waals surface area contributed by atoms with Crippen LogP contribution in [0.1, 0.15) is 31.4 Å². The largest absolute Gasteiger partial charge is 0.482 e. The van der Waals surface area contributed by atoms with Crippen LogP contribution in [0.4, 0.5) is 5.69 Å². The molecule has 1 aliphatic heterocycles. The first-order chi connectivity index (χ1) is 14.4. The van der Waals surface area contributed by atoms with Gasteiger partial charge in [0.25, 0.3) is 5.91 Å². The number of amides is 1. The van der Waals surface area contributed by atoms with Gasteiger partial charge in [-0.3, -0.25) is 9.69 Å². The van der Waals surface area contributed by atoms with Gasteiger partial charge in [0.2, 0.25) is 0 Å². The number of carbonyl (C=O) groups is 2. The molecule has 2 aromatic carbocycles. The van der Waals surface area contributed by atoms with E-state index in [1.54, 1.807) is 29.2 Å². The quantitative estimate of drug-likeness (QED) is 0.642. The Bertz CT molecular complexity index is 999. The molecule has 0 radical (unpaired) electrons. The van der Waals surface area contributed by atoms with Crippen LogP contribution in [-0.4, -0.2) is 39.7 Å². The maximum atomic E-state index is 13.1. The zero-order chi connectivity index (χ0) is 21.7. The molecule has 1 atom stereocenters. The summed E-state index contributed by atoms with van der Waals surface area (Å²) in [6.07, 6.45) is 2.60. The second-order valence-corrected chi connectivity index (χ2v) is 8.04. The summed E-state index contributed by atoms with van der Waals surface area (Å²) in [5.41, 5.74) is 2.71. The molecule has 0 aliphatic carbocycles. The molecule has 3 rings (SSSR count). The Labute approximate surface area is 180 Å². The first kappa shape index (κ1) is 21.6. The van der Waals surface area contributed by atoms with Gasteiger partial charge in [0.15, 0.2) is 11.8 Å². The fourth-order valence-electron chi connectivity index (χ4n) is 2.86. The minimum Gasteiger partial charge on any atom is -0.482 e. The lowest BCUT2D eigenvalue weighted by atomic mass is 10.2. The second-order valence-electron chi connectivity index (χ2n) is 7.03. The van der Waals surface area contributed by atoms with Crippen LogP contribution in [0.2, 0.25) is 0 Å². The minimum absolute atomic E-state index is 0.0188. The Kier molecular flexibility index (Phi) is 6.95. The number of thioether (sulfide) groups is 1. The molecule has 1 aliphatic rings. The Morgan fingerprint density at radius 3 is 2.67 bits per heavy atom. The third-order valence-electron chi connectivity index (χ3n) is 4.65. The van der Waals surface area contributed by atoms with Crippen molar-refractivity contribution >= 4 is 40.6 Å². The number of aliphatic carboxylic acids is 1. The van der Waals surface area contributed by atoms with Crippen molar-refractivity contribution in [3.05, 3.63) is 64.6 Å². The Balaban J connectivity index is 1.90. The van der Waals surface area contributed by atoms with E-state index in [1.165, 1.54) is 11.8 Å². The number of hydrogen-bond donors (Lipinski definition) is 1. The molecule has 1 saturated heterocycles. The summed E-state index contributed by atoms with van der Waals surface area (Å²) < 4.78 is 5.23. The summed E-state index contributed by atoms with van der Waals surface area (Å²) in [6.45, 7) is 5.65. The molecular weight excluding hydrogens is 400 g/mol. The number of aliphatic imine (C=N–C) groups is 1. The van der Waals surface area contributed by atoms with Crippen molar-refractivity contribution in [3.63, 3.8) is 0 Å². The third-order valence-corrected chi connectivity index (χ3v) is 5.63. The highest BCUT2D eigenvalue weighted by atomic mass is 32.2. The number of nitrogens with zero attached hydrogens (tertiary/aromatic N) is 2. The van der Waals surface area contributed by atoms with Gasteiger partial charge in [-0.2, -0.15) is 0 Å². The lowest BCUT2D eigenvalue weighted by Crippen LogP contribution is -2.36. The van der Waals surface area contributed by atoms with Gasteiger partial charge in [-0.25, -0.2) is 9.79 Å². The molecule has 0 saturated carbocycles. The number of aryl methyl sites for hydroxylation is 1. The van der Waals surface area contributed by atoms with Crippen molar-refractivity contribution in [2.24, 2.45) is 4.99 Å². The molecule has 0 aromatic heterocycles. The Hall–Kier alpha value is -3.06. The van der Waals surface area contributed by atoms with E-state index in [0.717, 1.165) is 23.2 Å². The number of benzene rings is 2. The molecule has 0 unspecified atom stereocenters. The second kappa shape index (κ2) is 9.63. The minimum atomic E-state index is -1.04. The average molecular weight is 425 g/mol. The Morgan fingerprint density at radius 2 is 2.00 bits per heavy atom. The van der Waals surface area contributed by atoms with E-state index in [4.69, 9.17) is 14.8 Å². The van der Waals surface area contributed by atoms with E-state index in [0.29, 0.717) is 15.8 Å². The van der Waals surface area contributed by atoms with E-state index in [-0.39, 0.29) is 11.9 Å². The van der Waals surface area contributed by atoms with Crippen LogP contribution in [0.25, 0.3) is 6.08 Å². The van der Waals surface area contributed by atoms with Crippen molar-refractivity contribution in [2.45, 2.75) is 33.2 Å². The molecular formula is C23H24N2O4S. The monoisotopic (exact) mass is 424 g/mol. The van der Waals surface area contributed by atoms with Gasteiger partial charge in [0, 0.05) is 6.04 Å². The molecule has 1 heterocycles. The van der Waals surface area contributed by atoms with E-state index in [9.17, 15) is 9.59 Å². The predicted octanol–water partition coefficient (Wildman–Crippen LogP) is 4.86. The van der Waals surface area contributed by atoms with Gasteiger partial charge in [0.05, 0.1) is 10.6 Å². The summed E-state index contributed by atoms with van der Waals surface area (Å²) >= 11 is 1.34. The molecule has 6 nitrogen and oxygen atoms in total. The maximum absolute atomic E-state index is 13.1. The van der Waals surface area contributed by atoms with Crippen molar-refractivity contribution in [3.8, 4) is 5.75 Å². The van der Waals surface area contributed by atoms with Crippen LogP contribution >= 0.6 is 11.8 Å². The van der Waals surface area contributed by atoms with E-state index < -0.39 is 12.6 Å². The standard InChI is InChI=1S/C23H24N2O4S/c1-4-16(3)25-22(28)20(30-23(25)24-18-10-8-15(2)9-11-18)13-17-6-5-7-19(12-17)29-14-21(26)27/h5-13,16H,4,14H2,1-3H3,(H,26,27)/b20-13+,24-23?/t16-/m1/s1. The van der Waals surface area contributed by atoms with Crippen molar-refractivity contribution < 1.29 is 19.4 Å². The zero-order valence-electron chi connectivity index (χ0n) is 17.2.